The van der Waals surface area contributed by atoms with E-state index in [1.54, 1.807) is 6.92 Å². The zero-order valence-electron chi connectivity index (χ0n) is 20.2. The maximum Gasteiger partial charge on any atom is 0.159 e. The zero-order chi connectivity index (χ0) is 23.3. The molecule has 0 N–H and O–H groups in total. The number of aryl methyl sites for hydroxylation is 1. The summed E-state index contributed by atoms with van der Waals surface area (Å²) in [5, 5.41) is 7.17. The summed E-state index contributed by atoms with van der Waals surface area (Å²) in [6, 6.07) is 22.5. The predicted molar refractivity (Wildman–Crippen MR) is 143 cm³/mol. The summed E-state index contributed by atoms with van der Waals surface area (Å²) in [6.07, 6.45) is 0. The third kappa shape index (κ3) is 3.88. The SMILES string of the molecule is CC(=O)c1ccc2c(c1)c1cc(C)ccc1c1c2c2ccccc2n1COCC[Si](C)(C)C. The van der Waals surface area contributed by atoms with Crippen molar-refractivity contribution in [3.63, 3.8) is 0 Å². The van der Waals surface area contributed by atoms with Gasteiger partial charge in [-0.1, -0.05) is 73.7 Å². The van der Waals surface area contributed by atoms with E-state index in [1.807, 2.05) is 6.07 Å². The van der Waals surface area contributed by atoms with Gasteiger partial charge in [0.25, 0.3) is 0 Å². The number of carbonyl (C=O) groups is 1. The van der Waals surface area contributed by atoms with E-state index in [0.717, 1.165) is 23.6 Å². The number of Topliss-reactive ketones (excluding diaryl/α,β-unsaturated/α-hetero) is 1. The van der Waals surface area contributed by atoms with E-state index in [1.165, 1.54) is 43.5 Å². The van der Waals surface area contributed by atoms with Gasteiger partial charge >= 0.3 is 0 Å². The number of hydrogen-bond acceptors (Lipinski definition) is 2. The molecule has 1 aromatic heterocycles. The van der Waals surface area contributed by atoms with Gasteiger partial charge in [0.1, 0.15) is 6.73 Å². The largest absolute Gasteiger partial charge is 0.361 e. The molecule has 0 spiro atoms. The summed E-state index contributed by atoms with van der Waals surface area (Å²) in [5.74, 6) is 0.0935. The van der Waals surface area contributed by atoms with Crippen molar-refractivity contribution in [1.29, 1.82) is 0 Å². The minimum atomic E-state index is -1.15. The fourth-order valence-electron chi connectivity index (χ4n) is 4.82. The van der Waals surface area contributed by atoms with Crippen molar-refractivity contribution >= 4 is 57.2 Å². The third-order valence-corrected chi connectivity index (χ3v) is 8.31. The molecule has 5 aromatic rings. The van der Waals surface area contributed by atoms with Crippen LogP contribution in [-0.4, -0.2) is 25.0 Å². The molecule has 5 rings (SSSR count). The Morgan fingerprint density at radius 2 is 1.61 bits per heavy atom. The molecule has 0 saturated heterocycles. The molecule has 0 aliphatic heterocycles. The normalized spacial score (nSPS) is 12.4. The van der Waals surface area contributed by atoms with E-state index < -0.39 is 8.07 Å². The number of ketones is 1. The second-order valence-electron chi connectivity index (χ2n) is 10.4. The molecular formula is C29H31NO2Si. The highest BCUT2D eigenvalue weighted by Crippen LogP contribution is 2.41. The van der Waals surface area contributed by atoms with Crippen LogP contribution < -0.4 is 0 Å². The van der Waals surface area contributed by atoms with Gasteiger partial charge < -0.3 is 9.30 Å². The molecule has 3 nitrogen and oxygen atoms in total. The molecule has 0 radical (unpaired) electrons. The lowest BCUT2D eigenvalue weighted by atomic mass is 9.94. The Morgan fingerprint density at radius 3 is 2.36 bits per heavy atom. The van der Waals surface area contributed by atoms with Gasteiger partial charge in [0.05, 0.1) is 11.0 Å². The van der Waals surface area contributed by atoms with Crippen molar-refractivity contribution in [2.45, 2.75) is 46.3 Å². The van der Waals surface area contributed by atoms with Crippen molar-refractivity contribution < 1.29 is 9.53 Å². The second-order valence-corrected chi connectivity index (χ2v) is 16.0. The average Bonchev–Trinajstić information content (AvgIpc) is 3.10. The van der Waals surface area contributed by atoms with Crippen LogP contribution in [0.1, 0.15) is 22.8 Å². The molecule has 0 saturated carbocycles. The number of para-hydroxylation sites is 1. The Labute approximate surface area is 196 Å². The monoisotopic (exact) mass is 453 g/mol. The first-order valence-corrected chi connectivity index (χ1v) is 15.4. The second kappa shape index (κ2) is 8.12. The van der Waals surface area contributed by atoms with Crippen molar-refractivity contribution in [3.8, 4) is 0 Å². The lowest BCUT2D eigenvalue weighted by Gasteiger charge is -2.17. The summed E-state index contributed by atoms with van der Waals surface area (Å²) in [6.45, 7) is 12.2. The van der Waals surface area contributed by atoms with Crippen LogP contribution in [0.3, 0.4) is 0 Å². The molecule has 4 aromatic carbocycles. The summed E-state index contributed by atoms with van der Waals surface area (Å²) in [4.78, 5) is 12.2. The molecule has 0 fully saturated rings. The molecule has 4 heteroatoms. The number of hydrogen-bond donors (Lipinski definition) is 0. The standard InChI is InChI=1S/C29H31NO2Si/c1-19-10-12-23-25(16-19)26-17-21(20(2)31)11-13-22(26)28-24-8-6-7-9-27(24)30(29(23)28)18-32-14-15-33(3,4)5/h6-13,16-17H,14-15,18H2,1-5H3. The van der Waals surface area contributed by atoms with Gasteiger partial charge in [0, 0.05) is 36.4 Å². The number of fused-ring (bicyclic) bond motifs is 8. The van der Waals surface area contributed by atoms with Crippen LogP contribution in [-0.2, 0) is 11.5 Å². The highest BCUT2D eigenvalue weighted by Gasteiger charge is 2.19. The van der Waals surface area contributed by atoms with E-state index in [-0.39, 0.29) is 5.78 Å². The molecule has 0 unspecified atom stereocenters. The Balaban J connectivity index is 1.84. The zero-order valence-corrected chi connectivity index (χ0v) is 21.2. The van der Waals surface area contributed by atoms with Gasteiger partial charge in [0.2, 0.25) is 0 Å². The van der Waals surface area contributed by atoms with Crippen LogP contribution in [0.15, 0.2) is 60.7 Å². The highest BCUT2D eigenvalue weighted by molar-refractivity contribution is 6.76. The first-order chi connectivity index (χ1) is 15.7. The Kier molecular flexibility index (Phi) is 5.38. The smallest absolute Gasteiger partial charge is 0.159 e. The topological polar surface area (TPSA) is 31.2 Å². The summed E-state index contributed by atoms with van der Waals surface area (Å²) >= 11 is 0. The van der Waals surface area contributed by atoms with E-state index in [2.05, 4.69) is 85.7 Å². The average molecular weight is 454 g/mol. The van der Waals surface area contributed by atoms with Gasteiger partial charge in [0.15, 0.2) is 5.78 Å². The van der Waals surface area contributed by atoms with Gasteiger partial charge in [-0.25, -0.2) is 0 Å². The van der Waals surface area contributed by atoms with Gasteiger partial charge in [-0.3, -0.25) is 4.79 Å². The molecule has 1 heterocycles. The molecule has 0 bridgehead atoms. The molecule has 0 amide bonds. The molecule has 0 atom stereocenters. The van der Waals surface area contributed by atoms with Crippen LogP contribution >= 0.6 is 0 Å². The van der Waals surface area contributed by atoms with Crippen LogP contribution in [0.5, 0.6) is 0 Å². The number of aromatic nitrogens is 1. The minimum Gasteiger partial charge on any atom is -0.361 e. The molecular weight excluding hydrogens is 422 g/mol. The van der Waals surface area contributed by atoms with Crippen LogP contribution in [0.25, 0.3) is 43.4 Å². The van der Waals surface area contributed by atoms with Crippen LogP contribution in [0.4, 0.5) is 0 Å². The third-order valence-electron chi connectivity index (χ3n) is 6.60. The van der Waals surface area contributed by atoms with Crippen molar-refractivity contribution in [2.75, 3.05) is 6.61 Å². The highest BCUT2D eigenvalue weighted by atomic mass is 28.3. The Hall–Kier alpha value is -2.95. The van der Waals surface area contributed by atoms with E-state index >= 15 is 0 Å². The minimum absolute atomic E-state index is 0.0935. The fourth-order valence-corrected chi connectivity index (χ4v) is 5.57. The summed E-state index contributed by atoms with van der Waals surface area (Å²) in [5.41, 5.74) is 4.36. The lowest BCUT2D eigenvalue weighted by molar-refractivity contribution is 0.0930. The fraction of sp³-hybridized carbons (Fsp3) is 0.276. The number of rotatable bonds is 6. The van der Waals surface area contributed by atoms with E-state index in [0.29, 0.717) is 6.73 Å². The quantitative estimate of drug-likeness (QED) is 0.113. The Bertz CT molecular complexity index is 1540. The van der Waals surface area contributed by atoms with E-state index in [9.17, 15) is 4.79 Å². The van der Waals surface area contributed by atoms with Gasteiger partial charge in [-0.15, -0.1) is 0 Å². The summed E-state index contributed by atoms with van der Waals surface area (Å²) < 4.78 is 8.60. The first kappa shape index (κ1) is 21.9. The van der Waals surface area contributed by atoms with E-state index in [4.69, 9.17) is 4.74 Å². The van der Waals surface area contributed by atoms with Crippen molar-refractivity contribution in [1.82, 2.24) is 4.57 Å². The number of carbonyl (C=O) groups excluding carboxylic acids is 1. The molecule has 0 aliphatic rings. The maximum absolute atomic E-state index is 12.2. The van der Waals surface area contributed by atoms with Gasteiger partial charge in [-0.2, -0.15) is 0 Å². The maximum atomic E-state index is 12.2. The van der Waals surface area contributed by atoms with Crippen LogP contribution in [0.2, 0.25) is 25.7 Å². The van der Waals surface area contributed by atoms with Crippen molar-refractivity contribution in [2.24, 2.45) is 0 Å². The summed E-state index contributed by atoms with van der Waals surface area (Å²) in [7, 11) is -1.15. The molecule has 0 aliphatic carbocycles. The van der Waals surface area contributed by atoms with Crippen molar-refractivity contribution in [3.05, 3.63) is 71.8 Å². The number of benzene rings is 4. The Morgan fingerprint density at radius 1 is 0.879 bits per heavy atom. The lowest BCUT2D eigenvalue weighted by Crippen LogP contribution is -2.22. The number of ether oxygens (including phenoxy) is 1. The molecule has 33 heavy (non-hydrogen) atoms. The molecule has 168 valence electrons. The first-order valence-electron chi connectivity index (χ1n) is 11.7. The van der Waals surface area contributed by atoms with Gasteiger partial charge in [-0.05, 0) is 48.2 Å². The predicted octanol–water partition coefficient (Wildman–Crippen LogP) is 7.92. The van der Waals surface area contributed by atoms with Crippen LogP contribution in [0, 0.1) is 6.92 Å². The number of nitrogens with zero attached hydrogens (tertiary/aromatic N) is 1.